The van der Waals surface area contributed by atoms with E-state index in [2.05, 4.69) is 0 Å². The molecule has 0 N–H and O–H groups in total. The van der Waals surface area contributed by atoms with Gasteiger partial charge >= 0.3 is 0 Å². The molecule has 0 spiro atoms. The Hall–Kier alpha value is -3.15. The third-order valence-electron chi connectivity index (χ3n) is 5.58. The first-order valence-electron chi connectivity index (χ1n) is 9.85. The smallest absolute Gasteiger partial charge is 0.233 e. The summed E-state index contributed by atoms with van der Waals surface area (Å²) < 4.78 is 6.03. The van der Waals surface area contributed by atoms with E-state index in [1.807, 2.05) is 54.6 Å². The molecular formula is C25H18ClNO3S. The van der Waals surface area contributed by atoms with Crippen LogP contribution in [-0.4, -0.2) is 13.0 Å². The van der Waals surface area contributed by atoms with Crippen molar-refractivity contribution in [2.24, 2.45) is 0 Å². The van der Waals surface area contributed by atoms with E-state index < -0.39 is 0 Å². The average molecular weight is 448 g/mol. The van der Waals surface area contributed by atoms with Gasteiger partial charge in [-0.25, -0.2) is 0 Å². The summed E-state index contributed by atoms with van der Waals surface area (Å²) in [7, 11) is 1.61. The summed E-state index contributed by atoms with van der Waals surface area (Å²) >= 11 is 7.63. The maximum absolute atomic E-state index is 13.7. The third kappa shape index (κ3) is 3.40. The van der Waals surface area contributed by atoms with Crippen molar-refractivity contribution in [3.63, 3.8) is 0 Å². The molecule has 0 radical (unpaired) electrons. The highest BCUT2D eigenvalue weighted by Gasteiger charge is 2.36. The summed E-state index contributed by atoms with van der Waals surface area (Å²) in [5.74, 6) is 0.365. The number of fused-ring (bicyclic) bond motifs is 2. The lowest BCUT2D eigenvalue weighted by Crippen LogP contribution is -2.35. The molecule has 4 nitrogen and oxygen atoms in total. The summed E-state index contributed by atoms with van der Waals surface area (Å²) in [4.78, 5) is 28.7. The number of carbonyl (C=O) groups excluding carboxylic acids is 1. The monoisotopic (exact) mass is 447 g/mol. The van der Waals surface area contributed by atoms with Crippen LogP contribution >= 0.6 is 22.9 Å². The molecule has 1 amide bonds. The molecule has 1 unspecified atom stereocenters. The number of rotatable bonds is 3. The fourth-order valence-electron chi connectivity index (χ4n) is 4.08. The number of methoxy groups -OCH3 is 1. The van der Waals surface area contributed by atoms with Crippen LogP contribution in [0, 0.1) is 0 Å². The van der Waals surface area contributed by atoms with E-state index in [9.17, 15) is 9.59 Å². The molecule has 6 heteroatoms. The standard InChI is InChI=1S/C25H18ClNO3S/c1-30-18-10-7-15(8-11-18)20-14-22(28)27(17-5-3-2-4-6-17)25-23(20)24(29)19-12-9-16(26)13-21(19)31-25/h2-13,20H,14H2,1H3. The normalized spacial score (nSPS) is 15.7. The Morgan fingerprint density at radius 2 is 1.74 bits per heavy atom. The maximum atomic E-state index is 13.7. The zero-order valence-electron chi connectivity index (χ0n) is 16.7. The number of nitrogens with zero attached hydrogens (tertiary/aromatic N) is 1. The van der Waals surface area contributed by atoms with Crippen molar-refractivity contribution < 1.29 is 9.53 Å². The minimum Gasteiger partial charge on any atom is -0.497 e. The van der Waals surface area contributed by atoms with Gasteiger partial charge in [-0.1, -0.05) is 41.9 Å². The third-order valence-corrected chi connectivity index (χ3v) is 6.97. The number of hydrogen-bond donors (Lipinski definition) is 0. The maximum Gasteiger partial charge on any atom is 0.233 e. The Morgan fingerprint density at radius 1 is 1.00 bits per heavy atom. The van der Waals surface area contributed by atoms with E-state index >= 15 is 0 Å². The van der Waals surface area contributed by atoms with Gasteiger partial charge in [0, 0.05) is 38.7 Å². The summed E-state index contributed by atoms with van der Waals surface area (Å²) in [6.45, 7) is 0. The predicted molar refractivity (Wildman–Crippen MR) is 126 cm³/mol. The fraction of sp³-hybridized carbons (Fsp3) is 0.120. The number of benzene rings is 3. The van der Waals surface area contributed by atoms with Crippen molar-refractivity contribution in [2.45, 2.75) is 12.3 Å². The minimum absolute atomic E-state index is 0.0449. The summed E-state index contributed by atoms with van der Waals surface area (Å²) in [5.41, 5.74) is 2.25. The molecule has 0 fully saturated rings. The van der Waals surface area contributed by atoms with Crippen molar-refractivity contribution in [1.82, 2.24) is 0 Å². The number of carbonyl (C=O) groups is 1. The number of para-hydroxylation sites is 1. The van der Waals surface area contributed by atoms with Gasteiger partial charge in [0.05, 0.1) is 7.11 Å². The van der Waals surface area contributed by atoms with Crippen LogP contribution in [0.3, 0.4) is 0 Å². The van der Waals surface area contributed by atoms with E-state index in [0.717, 1.165) is 21.7 Å². The van der Waals surface area contributed by atoms with Crippen molar-refractivity contribution >= 4 is 49.6 Å². The first kappa shape index (κ1) is 19.8. The Morgan fingerprint density at radius 3 is 2.45 bits per heavy atom. The molecule has 0 bridgehead atoms. The molecule has 0 saturated heterocycles. The molecule has 0 aliphatic carbocycles. The summed E-state index contributed by atoms with van der Waals surface area (Å²) in [6, 6.07) is 22.3. The quantitative estimate of drug-likeness (QED) is 0.380. The van der Waals surface area contributed by atoms with Crippen LogP contribution in [0.5, 0.6) is 5.75 Å². The summed E-state index contributed by atoms with van der Waals surface area (Å²) in [5, 5.41) is 1.83. The number of amides is 1. The Kier molecular flexibility index (Phi) is 5.00. The van der Waals surface area contributed by atoms with Crippen LogP contribution in [0.2, 0.25) is 5.02 Å². The van der Waals surface area contributed by atoms with Gasteiger partial charge in [-0.15, -0.1) is 11.3 Å². The number of anilines is 2. The Bertz CT molecular complexity index is 1350. The second kappa shape index (κ2) is 7.84. The van der Waals surface area contributed by atoms with Crippen molar-refractivity contribution in [3.8, 4) is 5.75 Å². The van der Waals surface area contributed by atoms with Crippen molar-refractivity contribution in [1.29, 1.82) is 0 Å². The first-order chi connectivity index (χ1) is 15.1. The average Bonchev–Trinajstić information content (AvgIpc) is 2.79. The van der Waals surface area contributed by atoms with E-state index in [1.54, 1.807) is 30.2 Å². The van der Waals surface area contributed by atoms with Gasteiger partial charge in [0.25, 0.3) is 0 Å². The van der Waals surface area contributed by atoms with Gasteiger partial charge in [0.15, 0.2) is 5.43 Å². The lowest BCUT2D eigenvalue weighted by atomic mass is 9.85. The van der Waals surface area contributed by atoms with Gasteiger partial charge in [-0.3, -0.25) is 14.5 Å². The fourth-order valence-corrected chi connectivity index (χ4v) is 5.63. The molecule has 4 aromatic rings. The van der Waals surface area contributed by atoms with E-state index in [4.69, 9.17) is 16.3 Å². The van der Waals surface area contributed by atoms with Crippen LogP contribution in [-0.2, 0) is 4.79 Å². The van der Waals surface area contributed by atoms with Crippen molar-refractivity contribution in [2.75, 3.05) is 12.0 Å². The van der Waals surface area contributed by atoms with Gasteiger partial charge in [0.1, 0.15) is 10.8 Å². The molecule has 154 valence electrons. The minimum atomic E-state index is -0.322. The molecule has 3 aromatic carbocycles. The van der Waals surface area contributed by atoms with Gasteiger partial charge < -0.3 is 4.74 Å². The molecule has 1 aliphatic rings. The topological polar surface area (TPSA) is 46.6 Å². The number of halogens is 1. The Labute approximate surface area is 188 Å². The van der Waals surface area contributed by atoms with Crippen LogP contribution in [0.25, 0.3) is 10.1 Å². The number of hydrogen-bond acceptors (Lipinski definition) is 4. The molecule has 0 saturated carbocycles. The second-order valence-corrected chi connectivity index (χ2v) is 8.85. The molecular weight excluding hydrogens is 430 g/mol. The van der Waals surface area contributed by atoms with Crippen molar-refractivity contribution in [3.05, 3.63) is 99.2 Å². The van der Waals surface area contributed by atoms with E-state index in [-0.39, 0.29) is 23.7 Å². The van der Waals surface area contributed by atoms with Gasteiger partial charge in [-0.05, 0) is 48.0 Å². The molecule has 1 aliphatic heterocycles. The van der Waals surface area contributed by atoms with Crippen LogP contribution in [0.4, 0.5) is 10.7 Å². The van der Waals surface area contributed by atoms with Crippen LogP contribution in [0.1, 0.15) is 23.5 Å². The molecule has 2 heterocycles. The molecule has 1 aromatic heterocycles. The lowest BCUT2D eigenvalue weighted by molar-refractivity contribution is -0.118. The highest BCUT2D eigenvalue weighted by Crippen LogP contribution is 2.45. The predicted octanol–water partition coefficient (Wildman–Crippen LogP) is 6.12. The zero-order chi connectivity index (χ0) is 21.5. The molecule has 31 heavy (non-hydrogen) atoms. The van der Waals surface area contributed by atoms with Crippen LogP contribution in [0.15, 0.2) is 77.6 Å². The molecule has 1 atom stereocenters. The molecule has 5 rings (SSSR count). The van der Waals surface area contributed by atoms with Gasteiger partial charge in [-0.2, -0.15) is 0 Å². The first-order valence-corrected chi connectivity index (χ1v) is 11.0. The number of ether oxygens (including phenoxy) is 1. The SMILES string of the molecule is COc1ccc(C2CC(=O)N(c3ccccc3)c3sc4cc(Cl)ccc4c(=O)c32)cc1. The lowest BCUT2D eigenvalue weighted by Gasteiger charge is -2.33. The highest BCUT2D eigenvalue weighted by atomic mass is 35.5. The Balaban J connectivity index is 1.79. The van der Waals surface area contributed by atoms with E-state index in [1.165, 1.54) is 11.3 Å². The zero-order valence-corrected chi connectivity index (χ0v) is 18.2. The van der Waals surface area contributed by atoms with E-state index in [0.29, 0.717) is 21.0 Å². The van der Waals surface area contributed by atoms with Gasteiger partial charge in [0.2, 0.25) is 5.91 Å². The highest BCUT2D eigenvalue weighted by molar-refractivity contribution is 7.22. The van der Waals surface area contributed by atoms with Crippen LogP contribution < -0.4 is 15.1 Å². The largest absolute Gasteiger partial charge is 0.497 e. The second-order valence-electron chi connectivity index (χ2n) is 7.39. The summed E-state index contributed by atoms with van der Waals surface area (Å²) in [6.07, 6.45) is 0.218.